The maximum absolute atomic E-state index is 5.59. The smallest absolute Gasteiger partial charge is 0.229 e. The lowest BCUT2D eigenvalue weighted by molar-refractivity contribution is 0.121. The highest BCUT2D eigenvalue weighted by atomic mass is 16.5. The van der Waals surface area contributed by atoms with E-state index in [0.29, 0.717) is 26.4 Å². The summed E-state index contributed by atoms with van der Waals surface area (Å²) in [5.74, 6) is 1.68. The number of rotatable bonds is 4. The topological polar surface area (TPSA) is 68.5 Å². The lowest BCUT2D eigenvalue weighted by Gasteiger charge is -2.31. The van der Waals surface area contributed by atoms with Gasteiger partial charge in [0.05, 0.1) is 32.8 Å². The Hall–Kier alpha value is -3.23. The first kappa shape index (κ1) is 19.5. The molecule has 164 valence electrons. The summed E-state index contributed by atoms with van der Waals surface area (Å²) in [6, 6.07) is 15.1. The lowest BCUT2D eigenvalue weighted by atomic mass is 10.1. The molecule has 0 saturated carbocycles. The van der Waals surface area contributed by atoms with Gasteiger partial charge in [-0.25, -0.2) is 4.98 Å². The van der Waals surface area contributed by atoms with Gasteiger partial charge in [-0.15, -0.1) is 0 Å². The van der Waals surface area contributed by atoms with Crippen LogP contribution in [0.3, 0.4) is 0 Å². The highest BCUT2D eigenvalue weighted by molar-refractivity contribution is 5.86. The van der Waals surface area contributed by atoms with E-state index in [1.54, 1.807) is 0 Å². The molecule has 8 nitrogen and oxygen atoms in total. The molecule has 2 aliphatic heterocycles. The average Bonchev–Trinajstić information content (AvgIpc) is 3.27. The van der Waals surface area contributed by atoms with Crippen LogP contribution in [-0.2, 0) is 16.0 Å². The molecule has 0 unspecified atom stereocenters. The van der Waals surface area contributed by atoms with Gasteiger partial charge >= 0.3 is 0 Å². The van der Waals surface area contributed by atoms with Crippen LogP contribution in [0.2, 0.25) is 0 Å². The summed E-state index contributed by atoms with van der Waals surface area (Å²) in [5.41, 5.74) is 2.95. The summed E-state index contributed by atoms with van der Waals surface area (Å²) in [5, 5.41) is 2.49. The Morgan fingerprint density at radius 1 is 0.781 bits per heavy atom. The number of morpholine rings is 2. The van der Waals surface area contributed by atoms with Gasteiger partial charge in [-0.05, 0) is 22.4 Å². The van der Waals surface area contributed by atoms with Gasteiger partial charge in [0.25, 0.3) is 0 Å². The number of anilines is 2. The summed E-state index contributed by atoms with van der Waals surface area (Å²) in [7, 11) is 0. The van der Waals surface area contributed by atoms with E-state index in [-0.39, 0.29) is 0 Å². The molecule has 2 fully saturated rings. The van der Waals surface area contributed by atoms with Crippen molar-refractivity contribution >= 4 is 33.7 Å². The van der Waals surface area contributed by atoms with Crippen LogP contribution in [0.15, 0.2) is 48.8 Å². The second-order valence-corrected chi connectivity index (χ2v) is 8.27. The van der Waals surface area contributed by atoms with Crippen LogP contribution in [0, 0.1) is 0 Å². The first-order chi connectivity index (χ1) is 15.8. The van der Waals surface area contributed by atoms with Gasteiger partial charge in [0.15, 0.2) is 11.5 Å². The first-order valence-corrected chi connectivity index (χ1v) is 11.2. The van der Waals surface area contributed by atoms with Gasteiger partial charge in [0, 0.05) is 32.7 Å². The Morgan fingerprint density at radius 3 is 2.28 bits per heavy atom. The van der Waals surface area contributed by atoms with Crippen LogP contribution in [0.1, 0.15) is 5.56 Å². The van der Waals surface area contributed by atoms with Crippen molar-refractivity contribution in [3.63, 3.8) is 0 Å². The Kier molecular flexibility index (Phi) is 5.09. The molecule has 0 atom stereocenters. The number of benzene rings is 2. The van der Waals surface area contributed by atoms with Crippen molar-refractivity contribution in [2.45, 2.75) is 6.54 Å². The monoisotopic (exact) mass is 430 g/mol. The van der Waals surface area contributed by atoms with Crippen molar-refractivity contribution in [2.75, 3.05) is 62.4 Å². The number of hydrogen-bond donors (Lipinski definition) is 0. The van der Waals surface area contributed by atoms with E-state index in [4.69, 9.17) is 19.4 Å². The third kappa shape index (κ3) is 3.65. The average molecular weight is 431 g/mol. The number of ether oxygens (including phenoxy) is 2. The number of hydrogen-bond acceptors (Lipinski definition) is 7. The molecule has 4 heterocycles. The fourth-order valence-electron chi connectivity index (χ4n) is 4.50. The molecule has 0 N–H and O–H groups in total. The van der Waals surface area contributed by atoms with Crippen molar-refractivity contribution in [3.05, 3.63) is 54.4 Å². The maximum atomic E-state index is 5.59. The SMILES string of the molecule is c1ccc2cc(Cn3cnc4nc(N5CCOCC5)nc(N5CCOCC5)c43)ccc2c1. The number of nitrogens with zero attached hydrogens (tertiary/aromatic N) is 6. The molecule has 2 saturated heterocycles. The number of fused-ring (bicyclic) bond motifs is 2. The van der Waals surface area contributed by atoms with E-state index < -0.39 is 0 Å². The Morgan fingerprint density at radius 2 is 1.50 bits per heavy atom. The lowest BCUT2D eigenvalue weighted by Crippen LogP contribution is -2.39. The van der Waals surface area contributed by atoms with Crippen LogP contribution in [0.25, 0.3) is 21.9 Å². The van der Waals surface area contributed by atoms with Gasteiger partial charge in [-0.3, -0.25) is 0 Å². The van der Waals surface area contributed by atoms with E-state index in [0.717, 1.165) is 55.7 Å². The number of aromatic nitrogens is 4. The minimum Gasteiger partial charge on any atom is -0.378 e. The quantitative estimate of drug-likeness (QED) is 0.493. The summed E-state index contributed by atoms with van der Waals surface area (Å²) in [4.78, 5) is 19.1. The van der Waals surface area contributed by atoms with Crippen molar-refractivity contribution < 1.29 is 9.47 Å². The molecular formula is C24H26N6O2. The second kappa shape index (κ2) is 8.37. The van der Waals surface area contributed by atoms with Crippen molar-refractivity contribution in [2.24, 2.45) is 0 Å². The predicted molar refractivity (Wildman–Crippen MR) is 124 cm³/mol. The Labute approximate surface area is 186 Å². The van der Waals surface area contributed by atoms with E-state index in [1.165, 1.54) is 16.3 Å². The maximum Gasteiger partial charge on any atom is 0.229 e. The third-order valence-corrected chi connectivity index (χ3v) is 6.21. The summed E-state index contributed by atoms with van der Waals surface area (Å²) >= 11 is 0. The van der Waals surface area contributed by atoms with Gasteiger partial charge in [0.2, 0.25) is 5.95 Å². The van der Waals surface area contributed by atoms with Crippen molar-refractivity contribution in [1.29, 1.82) is 0 Å². The molecule has 8 heteroatoms. The second-order valence-electron chi connectivity index (χ2n) is 8.27. The summed E-state index contributed by atoms with van der Waals surface area (Å²) in [6.07, 6.45) is 1.89. The minimum atomic E-state index is 0.699. The molecule has 6 rings (SSSR count). The summed E-state index contributed by atoms with van der Waals surface area (Å²) < 4.78 is 13.3. The Bertz CT molecular complexity index is 1240. The molecule has 0 radical (unpaired) electrons. The normalized spacial score (nSPS) is 17.4. The van der Waals surface area contributed by atoms with E-state index in [9.17, 15) is 0 Å². The summed E-state index contributed by atoms with van der Waals surface area (Å²) in [6.45, 7) is 6.76. The highest BCUT2D eigenvalue weighted by Crippen LogP contribution is 2.28. The third-order valence-electron chi connectivity index (χ3n) is 6.21. The molecule has 2 aromatic heterocycles. The molecule has 2 aliphatic rings. The zero-order chi connectivity index (χ0) is 21.3. The zero-order valence-electron chi connectivity index (χ0n) is 18.0. The van der Waals surface area contributed by atoms with Crippen molar-refractivity contribution in [1.82, 2.24) is 19.5 Å². The fourth-order valence-corrected chi connectivity index (χ4v) is 4.50. The van der Waals surface area contributed by atoms with Crippen LogP contribution in [-0.4, -0.2) is 72.1 Å². The molecular weight excluding hydrogens is 404 g/mol. The van der Waals surface area contributed by atoms with Gasteiger partial charge < -0.3 is 23.8 Å². The minimum absolute atomic E-state index is 0.699. The molecule has 0 aliphatic carbocycles. The van der Waals surface area contributed by atoms with Gasteiger partial charge in [0.1, 0.15) is 5.52 Å². The highest BCUT2D eigenvalue weighted by Gasteiger charge is 2.23. The van der Waals surface area contributed by atoms with E-state index >= 15 is 0 Å². The van der Waals surface area contributed by atoms with Crippen LogP contribution >= 0.6 is 0 Å². The van der Waals surface area contributed by atoms with E-state index in [1.807, 2.05) is 6.33 Å². The Balaban J connectivity index is 1.42. The zero-order valence-corrected chi connectivity index (χ0v) is 18.0. The standard InChI is InChI=1S/C24H26N6O2/c1-2-4-20-15-18(5-6-19(20)3-1)16-30-17-25-22-21(30)23(28-7-11-31-12-8-28)27-24(26-22)29-9-13-32-14-10-29/h1-6,15,17H,7-14,16H2. The van der Waals surface area contributed by atoms with Crippen LogP contribution < -0.4 is 9.80 Å². The molecule has 2 aromatic carbocycles. The van der Waals surface area contributed by atoms with Crippen LogP contribution in [0.5, 0.6) is 0 Å². The van der Waals surface area contributed by atoms with Crippen LogP contribution in [0.4, 0.5) is 11.8 Å². The van der Waals surface area contributed by atoms with E-state index in [2.05, 4.69) is 61.8 Å². The predicted octanol–water partition coefficient (Wildman–Crippen LogP) is 2.70. The van der Waals surface area contributed by atoms with Crippen molar-refractivity contribution in [3.8, 4) is 0 Å². The number of imidazole rings is 1. The first-order valence-electron chi connectivity index (χ1n) is 11.2. The molecule has 0 spiro atoms. The fraction of sp³-hybridized carbons (Fsp3) is 0.375. The van der Waals surface area contributed by atoms with Gasteiger partial charge in [-0.1, -0.05) is 36.4 Å². The molecule has 4 aromatic rings. The molecule has 0 bridgehead atoms. The molecule has 32 heavy (non-hydrogen) atoms. The van der Waals surface area contributed by atoms with Gasteiger partial charge in [-0.2, -0.15) is 9.97 Å². The molecule has 0 amide bonds. The largest absolute Gasteiger partial charge is 0.378 e.